The molecule has 0 heterocycles. The van der Waals surface area contributed by atoms with Crippen LogP contribution in [0.2, 0.25) is 0 Å². The van der Waals surface area contributed by atoms with E-state index >= 15 is 0 Å². The van der Waals surface area contributed by atoms with Gasteiger partial charge in [0.1, 0.15) is 0 Å². The molecule has 0 radical (unpaired) electrons. The highest BCUT2D eigenvalue weighted by atomic mass is 16.5. The Kier molecular flexibility index (Phi) is 59.5. The average molecular weight is 1000 g/mol. The molecule has 0 aliphatic rings. The molecule has 2 atom stereocenters. The summed E-state index contributed by atoms with van der Waals surface area (Å²) in [5.41, 5.74) is 0. The molecule has 0 aliphatic carbocycles. The minimum Gasteiger partial charge on any atom is -0.466 e. The highest BCUT2D eigenvalue weighted by Crippen LogP contribution is 2.18. The summed E-state index contributed by atoms with van der Waals surface area (Å²) in [6.45, 7) is 4.92. The molecule has 6 heteroatoms. The zero-order valence-corrected chi connectivity index (χ0v) is 48.0. The number of allylic oxidation sites excluding steroid dienone is 3. The van der Waals surface area contributed by atoms with Crippen LogP contribution < -0.4 is 5.32 Å². The summed E-state index contributed by atoms with van der Waals surface area (Å²) in [6.07, 6.45) is 75.2. The lowest BCUT2D eigenvalue weighted by atomic mass is 10.0. The zero-order valence-electron chi connectivity index (χ0n) is 48.0. The lowest BCUT2D eigenvalue weighted by Gasteiger charge is -2.20. The van der Waals surface area contributed by atoms with Crippen molar-refractivity contribution in [2.45, 2.75) is 366 Å². The first kappa shape index (κ1) is 69.3. The van der Waals surface area contributed by atoms with Crippen LogP contribution in [0.5, 0.6) is 0 Å². The Morgan fingerprint density at radius 1 is 0.380 bits per heavy atom. The summed E-state index contributed by atoms with van der Waals surface area (Å²) >= 11 is 0. The number of aliphatic hydroxyl groups is 2. The van der Waals surface area contributed by atoms with E-state index in [0.29, 0.717) is 19.4 Å². The summed E-state index contributed by atoms with van der Waals surface area (Å²) < 4.78 is 5.49. The summed E-state index contributed by atoms with van der Waals surface area (Å²) in [5, 5.41) is 23.1. The first-order valence-electron chi connectivity index (χ1n) is 32.1. The first-order valence-corrected chi connectivity index (χ1v) is 32.1. The van der Waals surface area contributed by atoms with Gasteiger partial charge in [0.05, 0.1) is 25.4 Å². The molecule has 0 aromatic heterocycles. The van der Waals surface area contributed by atoms with Gasteiger partial charge in [-0.2, -0.15) is 0 Å². The molecule has 0 aliphatic heterocycles. The van der Waals surface area contributed by atoms with Crippen LogP contribution in [0.15, 0.2) is 24.3 Å². The Morgan fingerprint density at radius 2 is 0.662 bits per heavy atom. The summed E-state index contributed by atoms with van der Waals surface area (Å²) in [6, 6.07) is -0.626. The van der Waals surface area contributed by atoms with Crippen molar-refractivity contribution in [3.8, 4) is 0 Å². The molecule has 420 valence electrons. The SMILES string of the molecule is CCCCCCCCCCCC/C=C/C(O)C(CO)NC(=O)CCCCCCCCCCCCCC/C=C\CCCCCCCCCCCCCCOC(=O)CCCCCCCCCCCCCCCC. The maximum atomic E-state index is 12.4. The van der Waals surface area contributed by atoms with Gasteiger partial charge in [-0.15, -0.1) is 0 Å². The molecule has 0 spiro atoms. The van der Waals surface area contributed by atoms with Crippen molar-refractivity contribution in [3.63, 3.8) is 0 Å². The fourth-order valence-corrected chi connectivity index (χ4v) is 10.0. The average Bonchev–Trinajstić information content (AvgIpc) is 3.37. The third kappa shape index (κ3) is 57.5. The predicted octanol–water partition coefficient (Wildman–Crippen LogP) is 20.2. The molecule has 0 rings (SSSR count). The quantitative estimate of drug-likeness (QED) is 0.0320. The normalized spacial score (nSPS) is 12.7. The minimum absolute atomic E-state index is 0.0180. The van der Waals surface area contributed by atoms with Crippen LogP contribution in [0.4, 0.5) is 0 Å². The van der Waals surface area contributed by atoms with E-state index in [9.17, 15) is 19.8 Å². The molecule has 0 aromatic rings. The van der Waals surface area contributed by atoms with Gasteiger partial charge < -0.3 is 20.3 Å². The molecule has 3 N–H and O–H groups in total. The second-order valence-electron chi connectivity index (χ2n) is 22.1. The number of aliphatic hydroxyl groups excluding tert-OH is 2. The van der Waals surface area contributed by atoms with Crippen LogP contribution >= 0.6 is 0 Å². The number of hydrogen-bond donors (Lipinski definition) is 3. The second kappa shape index (κ2) is 60.9. The van der Waals surface area contributed by atoms with Crippen molar-refractivity contribution in [1.82, 2.24) is 5.32 Å². The van der Waals surface area contributed by atoms with E-state index in [1.54, 1.807) is 6.08 Å². The van der Waals surface area contributed by atoms with Gasteiger partial charge in [-0.25, -0.2) is 0 Å². The monoisotopic (exact) mass is 1000 g/mol. The topological polar surface area (TPSA) is 95.9 Å². The number of esters is 1. The largest absolute Gasteiger partial charge is 0.466 e. The van der Waals surface area contributed by atoms with Gasteiger partial charge in [0, 0.05) is 12.8 Å². The third-order valence-electron chi connectivity index (χ3n) is 15.0. The van der Waals surface area contributed by atoms with Crippen LogP contribution in [0.25, 0.3) is 0 Å². The van der Waals surface area contributed by atoms with E-state index in [2.05, 4.69) is 31.3 Å². The molecule has 0 saturated heterocycles. The Morgan fingerprint density at radius 3 is 1.00 bits per heavy atom. The second-order valence-corrected chi connectivity index (χ2v) is 22.1. The van der Waals surface area contributed by atoms with Crippen LogP contribution in [0.3, 0.4) is 0 Å². The number of nitrogens with one attached hydrogen (secondary N) is 1. The predicted molar refractivity (Wildman–Crippen MR) is 310 cm³/mol. The standard InChI is InChI=1S/C65H125NO5/c1-3-5-7-9-11-13-15-17-35-39-43-47-51-55-59-65(70)71-60-56-52-48-44-40-36-33-31-29-27-25-23-21-19-18-20-22-24-26-28-30-32-34-38-42-46-50-54-58-64(69)66-62(61-67)63(68)57-53-49-45-41-37-16-14-12-10-8-6-4-2/h18-19,53,57,62-63,67-68H,3-17,20-52,54-56,58-61H2,1-2H3,(H,66,69)/b19-18-,57-53+. The van der Waals surface area contributed by atoms with Crippen molar-refractivity contribution in [1.29, 1.82) is 0 Å². The number of ether oxygens (including phenoxy) is 1. The van der Waals surface area contributed by atoms with E-state index in [0.717, 1.165) is 38.5 Å². The highest BCUT2D eigenvalue weighted by molar-refractivity contribution is 5.76. The van der Waals surface area contributed by atoms with E-state index in [4.69, 9.17) is 4.74 Å². The van der Waals surface area contributed by atoms with Gasteiger partial charge in [0.25, 0.3) is 0 Å². The molecular formula is C65H125NO5. The number of rotatable bonds is 60. The lowest BCUT2D eigenvalue weighted by molar-refractivity contribution is -0.143. The van der Waals surface area contributed by atoms with Gasteiger partial charge in [0.15, 0.2) is 0 Å². The maximum absolute atomic E-state index is 12.4. The summed E-state index contributed by atoms with van der Waals surface area (Å²) in [7, 11) is 0. The molecule has 71 heavy (non-hydrogen) atoms. The number of hydrogen-bond acceptors (Lipinski definition) is 5. The van der Waals surface area contributed by atoms with Gasteiger partial charge in [-0.3, -0.25) is 9.59 Å². The molecule has 0 bridgehead atoms. The third-order valence-corrected chi connectivity index (χ3v) is 15.0. The Labute approximate surface area is 443 Å². The van der Waals surface area contributed by atoms with Crippen molar-refractivity contribution in [2.24, 2.45) is 0 Å². The summed E-state index contributed by atoms with van der Waals surface area (Å²) in [4.78, 5) is 24.5. The molecular weight excluding hydrogens is 875 g/mol. The highest BCUT2D eigenvalue weighted by Gasteiger charge is 2.18. The Hall–Kier alpha value is -1.66. The van der Waals surface area contributed by atoms with Gasteiger partial charge in [-0.05, 0) is 57.8 Å². The number of carbonyl (C=O) groups is 2. The van der Waals surface area contributed by atoms with Crippen molar-refractivity contribution >= 4 is 11.9 Å². The van der Waals surface area contributed by atoms with Crippen molar-refractivity contribution < 1.29 is 24.5 Å². The van der Waals surface area contributed by atoms with Crippen molar-refractivity contribution in [3.05, 3.63) is 24.3 Å². The van der Waals surface area contributed by atoms with E-state index in [-0.39, 0.29) is 18.5 Å². The van der Waals surface area contributed by atoms with Crippen LogP contribution in [-0.2, 0) is 14.3 Å². The number of amides is 1. The molecule has 0 saturated carbocycles. The Balaban J connectivity index is 3.37. The van der Waals surface area contributed by atoms with Crippen molar-refractivity contribution in [2.75, 3.05) is 13.2 Å². The van der Waals surface area contributed by atoms with Gasteiger partial charge in [-0.1, -0.05) is 308 Å². The first-order chi connectivity index (χ1) is 35.0. The smallest absolute Gasteiger partial charge is 0.305 e. The number of carbonyl (C=O) groups excluding carboxylic acids is 2. The van der Waals surface area contributed by atoms with Crippen LogP contribution in [0.1, 0.15) is 354 Å². The van der Waals surface area contributed by atoms with E-state index in [1.807, 2.05) is 6.08 Å². The molecule has 0 aromatic carbocycles. The van der Waals surface area contributed by atoms with Gasteiger partial charge in [0.2, 0.25) is 5.91 Å². The molecule has 2 unspecified atom stereocenters. The van der Waals surface area contributed by atoms with E-state index < -0.39 is 12.1 Å². The Bertz CT molecular complexity index is 1110. The van der Waals surface area contributed by atoms with Crippen LogP contribution in [-0.4, -0.2) is 47.4 Å². The minimum atomic E-state index is -0.843. The molecule has 1 amide bonds. The molecule has 6 nitrogen and oxygen atoms in total. The molecule has 0 fully saturated rings. The maximum Gasteiger partial charge on any atom is 0.305 e. The van der Waals surface area contributed by atoms with E-state index in [1.165, 1.54) is 289 Å². The fraction of sp³-hybridized carbons (Fsp3) is 0.908. The fourth-order valence-electron chi connectivity index (χ4n) is 10.0. The van der Waals surface area contributed by atoms with Crippen LogP contribution in [0, 0.1) is 0 Å². The lowest BCUT2D eigenvalue weighted by Crippen LogP contribution is -2.45. The van der Waals surface area contributed by atoms with Gasteiger partial charge >= 0.3 is 5.97 Å². The number of unbranched alkanes of at least 4 members (excludes halogenated alkanes) is 47. The zero-order chi connectivity index (χ0) is 51.4. The summed E-state index contributed by atoms with van der Waals surface area (Å²) in [5.74, 6) is -0.0494.